The number of hydrogen-bond donors (Lipinski definition) is 2. The van der Waals surface area contributed by atoms with Gasteiger partial charge in [-0.1, -0.05) is 12.1 Å². The van der Waals surface area contributed by atoms with Gasteiger partial charge in [0.25, 0.3) is 0 Å². The summed E-state index contributed by atoms with van der Waals surface area (Å²) in [4.78, 5) is 6.41. The van der Waals surface area contributed by atoms with Crippen molar-refractivity contribution in [2.24, 2.45) is 5.14 Å². The minimum atomic E-state index is -3.81. The molecule has 0 unspecified atom stereocenters. The predicted octanol–water partition coefficient (Wildman–Crippen LogP) is 0.806. The maximum Gasteiger partial charge on any atom is 0.238 e. The molecule has 0 radical (unpaired) electrons. The second-order valence-electron chi connectivity index (χ2n) is 5.17. The van der Waals surface area contributed by atoms with Gasteiger partial charge < -0.3 is 10.2 Å². The van der Waals surface area contributed by atoms with E-state index in [2.05, 4.69) is 15.2 Å². The van der Waals surface area contributed by atoms with Gasteiger partial charge in [0, 0.05) is 55.4 Å². The molecule has 0 saturated carbocycles. The van der Waals surface area contributed by atoms with Gasteiger partial charge in [-0.25, -0.2) is 13.6 Å². The lowest BCUT2D eigenvalue weighted by Gasteiger charge is -2.31. The average molecular weight is 318 g/mol. The van der Waals surface area contributed by atoms with E-state index in [1.807, 2.05) is 12.1 Å². The van der Waals surface area contributed by atoms with E-state index in [0.717, 1.165) is 37.4 Å². The van der Waals surface area contributed by atoms with Gasteiger partial charge in [0.05, 0.1) is 4.90 Å². The summed E-state index contributed by atoms with van der Waals surface area (Å²) in [6, 6.07) is 8.85. The van der Waals surface area contributed by atoms with Crippen molar-refractivity contribution in [3.8, 4) is 11.1 Å². The van der Waals surface area contributed by atoms with Crippen LogP contribution >= 0.6 is 0 Å². The lowest BCUT2D eigenvalue weighted by molar-refractivity contribution is 0.588. The molecule has 1 saturated heterocycles. The van der Waals surface area contributed by atoms with Crippen LogP contribution in [0.25, 0.3) is 11.1 Å². The molecule has 1 fully saturated rings. The highest BCUT2D eigenvalue weighted by Crippen LogP contribution is 2.35. The van der Waals surface area contributed by atoms with Crippen LogP contribution in [-0.2, 0) is 10.0 Å². The summed E-state index contributed by atoms with van der Waals surface area (Å²) in [5, 5.41) is 8.71. The Morgan fingerprint density at radius 2 is 1.91 bits per heavy atom. The molecule has 6 nitrogen and oxygen atoms in total. The van der Waals surface area contributed by atoms with Crippen molar-refractivity contribution >= 4 is 15.7 Å². The molecule has 0 bridgehead atoms. The van der Waals surface area contributed by atoms with E-state index in [1.165, 1.54) is 0 Å². The van der Waals surface area contributed by atoms with Gasteiger partial charge >= 0.3 is 0 Å². The molecule has 0 atom stereocenters. The Kier molecular flexibility index (Phi) is 4.10. The fraction of sp³-hybridized carbons (Fsp3) is 0.267. The second kappa shape index (κ2) is 6.04. The zero-order valence-corrected chi connectivity index (χ0v) is 12.9. The number of primary sulfonamides is 1. The standard InChI is InChI=1S/C15H18N4O2S/c16-22(20,21)14-5-1-4-13(19-9-7-17-8-10-19)15(14)12-3-2-6-18-11-12/h1-6,11,17H,7-10H2,(H2,16,20,21). The van der Waals surface area contributed by atoms with Crippen LogP contribution in [0, 0.1) is 0 Å². The third-order valence-electron chi connectivity index (χ3n) is 3.72. The van der Waals surface area contributed by atoms with Gasteiger partial charge in [0.15, 0.2) is 0 Å². The Labute approximate surface area is 130 Å². The van der Waals surface area contributed by atoms with E-state index >= 15 is 0 Å². The van der Waals surface area contributed by atoms with Crippen molar-refractivity contribution in [1.82, 2.24) is 10.3 Å². The van der Waals surface area contributed by atoms with Crippen LogP contribution in [-0.4, -0.2) is 39.6 Å². The molecule has 1 aromatic carbocycles. The van der Waals surface area contributed by atoms with Crippen LogP contribution in [0.3, 0.4) is 0 Å². The normalized spacial score (nSPS) is 15.8. The van der Waals surface area contributed by atoms with Gasteiger partial charge in [-0.05, 0) is 18.2 Å². The fourth-order valence-electron chi connectivity index (χ4n) is 2.73. The number of pyridine rings is 1. The van der Waals surface area contributed by atoms with Crippen molar-refractivity contribution in [3.05, 3.63) is 42.7 Å². The van der Waals surface area contributed by atoms with Gasteiger partial charge in [0.2, 0.25) is 10.0 Å². The molecule has 1 aromatic heterocycles. The quantitative estimate of drug-likeness (QED) is 0.874. The van der Waals surface area contributed by atoms with Crippen molar-refractivity contribution < 1.29 is 8.42 Å². The molecular formula is C15H18N4O2S. The Morgan fingerprint density at radius 3 is 2.55 bits per heavy atom. The van der Waals surface area contributed by atoms with Gasteiger partial charge in [-0.2, -0.15) is 0 Å². The first-order chi connectivity index (χ1) is 10.6. The first-order valence-corrected chi connectivity index (χ1v) is 8.64. The van der Waals surface area contributed by atoms with Crippen molar-refractivity contribution in [2.75, 3.05) is 31.1 Å². The molecule has 2 heterocycles. The topological polar surface area (TPSA) is 88.3 Å². The summed E-state index contributed by atoms with van der Waals surface area (Å²) in [6.45, 7) is 3.38. The summed E-state index contributed by atoms with van der Waals surface area (Å²) in [5.74, 6) is 0. The highest BCUT2D eigenvalue weighted by Gasteiger charge is 2.22. The molecule has 1 aliphatic heterocycles. The molecule has 0 spiro atoms. The highest BCUT2D eigenvalue weighted by molar-refractivity contribution is 7.89. The van der Waals surface area contributed by atoms with E-state index < -0.39 is 10.0 Å². The fourth-order valence-corrected chi connectivity index (χ4v) is 3.50. The molecular weight excluding hydrogens is 300 g/mol. The largest absolute Gasteiger partial charge is 0.368 e. The smallest absolute Gasteiger partial charge is 0.238 e. The van der Waals surface area contributed by atoms with Gasteiger partial charge in [-0.15, -0.1) is 0 Å². The van der Waals surface area contributed by atoms with Crippen molar-refractivity contribution in [1.29, 1.82) is 0 Å². The number of rotatable bonds is 3. The predicted molar refractivity (Wildman–Crippen MR) is 86.1 cm³/mol. The monoisotopic (exact) mass is 318 g/mol. The van der Waals surface area contributed by atoms with E-state index in [4.69, 9.17) is 5.14 Å². The zero-order valence-electron chi connectivity index (χ0n) is 12.1. The first kappa shape index (κ1) is 15.0. The van der Waals surface area contributed by atoms with Crippen LogP contribution in [0.5, 0.6) is 0 Å². The SMILES string of the molecule is NS(=O)(=O)c1cccc(N2CCNCC2)c1-c1cccnc1. The van der Waals surface area contributed by atoms with Crippen LogP contribution < -0.4 is 15.4 Å². The number of hydrogen-bond acceptors (Lipinski definition) is 5. The Morgan fingerprint density at radius 1 is 1.14 bits per heavy atom. The molecule has 22 heavy (non-hydrogen) atoms. The summed E-state index contributed by atoms with van der Waals surface area (Å²) in [5.41, 5.74) is 2.25. The molecule has 116 valence electrons. The number of piperazine rings is 1. The minimum Gasteiger partial charge on any atom is -0.368 e. The van der Waals surface area contributed by atoms with Crippen LogP contribution in [0.2, 0.25) is 0 Å². The number of anilines is 1. The lowest BCUT2D eigenvalue weighted by atomic mass is 10.0. The molecule has 3 rings (SSSR count). The third kappa shape index (κ3) is 2.96. The number of nitrogens with two attached hydrogens (primary N) is 1. The minimum absolute atomic E-state index is 0.136. The Balaban J connectivity index is 2.22. The van der Waals surface area contributed by atoms with E-state index in [-0.39, 0.29) is 4.90 Å². The molecule has 0 aliphatic carbocycles. The van der Waals surface area contributed by atoms with Crippen molar-refractivity contribution in [3.63, 3.8) is 0 Å². The van der Waals surface area contributed by atoms with Crippen LogP contribution in [0.4, 0.5) is 5.69 Å². The number of benzene rings is 1. The van der Waals surface area contributed by atoms with E-state index in [0.29, 0.717) is 5.56 Å². The molecule has 7 heteroatoms. The number of sulfonamides is 1. The lowest BCUT2D eigenvalue weighted by Crippen LogP contribution is -2.43. The van der Waals surface area contributed by atoms with E-state index in [9.17, 15) is 8.42 Å². The summed E-state index contributed by atoms with van der Waals surface area (Å²) >= 11 is 0. The number of nitrogens with zero attached hydrogens (tertiary/aromatic N) is 2. The first-order valence-electron chi connectivity index (χ1n) is 7.09. The number of aromatic nitrogens is 1. The third-order valence-corrected chi connectivity index (χ3v) is 4.67. The zero-order chi connectivity index (χ0) is 15.6. The van der Waals surface area contributed by atoms with E-state index in [1.54, 1.807) is 30.6 Å². The average Bonchev–Trinajstić information content (AvgIpc) is 2.55. The molecule has 0 amide bonds. The molecule has 3 N–H and O–H groups in total. The highest BCUT2D eigenvalue weighted by atomic mass is 32.2. The summed E-state index contributed by atoms with van der Waals surface area (Å²) in [7, 11) is -3.81. The maximum absolute atomic E-state index is 12.0. The molecule has 1 aliphatic rings. The Hall–Kier alpha value is -1.96. The van der Waals surface area contributed by atoms with Crippen LogP contribution in [0.15, 0.2) is 47.6 Å². The Bertz CT molecular complexity index is 756. The summed E-state index contributed by atoms with van der Waals surface area (Å²) < 4.78 is 24.0. The van der Waals surface area contributed by atoms with Gasteiger partial charge in [0.1, 0.15) is 0 Å². The number of nitrogens with one attached hydrogen (secondary N) is 1. The molecule has 2 aromatic rings. The van der Waals surface area contributed by atoms with Crippen LogP contribution in [0.1, 0.15) is 0 Å². The van der Waals surface area contributed by atoms with Crippen molar-refractivity contribution in [2.45, 2.75) is 4.90 Å². The summed E-state index contributed by atoms with van der Waals surface area (Å²) in [6.07, 6.45) is 3.32. The second-order valence-corrected chi connectivity index (χ2v) is 6.70. The van der Waals surface area contributed by atoms with Gasteiger partial charge in [-0.3, -0.25) is 4.98 Å². The maximum atomic E-state index is 12.0.